The Morgan fingerprint density at radius 3 is 2.78 bits per heavy atom. The first kappa shape index (κ1) is 11.7. The molecule has 1 saturated heterocycles. The quantitative estimate of drug-likeness (QED) is 0.823. The van der Waals surface area contributed by atoms with Gasteiger partial charge in [0, 0.05) is 6.54 Å². The number of nitrogens with zero attached hydrogens (tertiary/aromatic N) is 1. The van der Waals surface area contributed by atoms with E-state index in [1.165, 1.54) is 37.9 Å². The van der Waals surface area contributed by atoms with Crippen LogP contribution in [0.25, 0.3) is 0 Å². The van der Waals surface area contributed by atoms with E-state index in [1.807, 2.05) is 0 Å². The van der Waals surface area contributed by atoms with Crippen LogP contribution in [0, 0.1) is 0 Å². The van der Waals surface area contributed by atoms with Crippen LogP contribution in [0.5, 0.6) is 17.2 Å². The third kappa shape index (κ3) is 2.25. The number of rotatable bonds is 3. The molecule has 4 heteroatoms. The van der Waals surface area contributed by atoms with Crippen molar-refractivity contribution in [3.8, 4) is 17.2 Å². The number of likely N-dealkylation sites (tertiary alicyclic amines) is 1. The fourth-order valence-electron chi connectivity index (χ4n) is 2.65. The molecule has 2 aliphatic rings. The topological polar surface area (TPSA) is 30.9 Å². The van der Waals surface area contributed by atoms with Crippen LogP contribution in [0.15, 0.2) is 12.1 Å². The number of benzene rings is 1. The second kappa shape index (κ2) is 5.06. The summed E-state index contributed by atoms with van der Waals surface area (Å²) in [6, 6.07) is 4.13. The normalized spacial score (nSPS) is 18.9. The zero-order valence-electron chi connectivity index (χ0n) is 10.8. The van der Waals surface area contributed by atoms with Crippen molar-refractivity contribution >= 4 is 0 Å². The zero-order chi connectivity index (χ0) is 12.4. The van der Waals surface area contributed by atoms with Crippen molar-refractivity contribution < 1.29 is 14.2 Å². The van der Waals surface area contributed by atoms with Gasteiger partial charge in [0.1, 0.15) is 0 Å². The van der Waals surface area contributed by atoms with Gasteiger partial charge in [0.25, 0.3) is 0 Å². The molecule has 18 heavy (non-hydrogen) atoms. The van der Waals surface area contributed by atoms with E-state index in [4.69, 9.17) is 14.2 Å². The minimum Gasteiger partial charge on any atom is -0.493 e. The average molecular weight is 249 g/mol. The van der Waals surface area contributed by atoms with Crippen LogP contribution in [0.4, 0.5) is 0 Å². The maximum absolute atomic E-state index is 5.45. The molecule has 0 atom stereocenters. The maximum Gasteiger partial charge on any atom is 0.231 e. The largest absolute Gasteiger partial charge is 0.493 e. The van der Waals surface area contributed by atoms with Crippen LogP contribution in [-0.2, 0) is 6.54 Å². The van der Waals surface area contributed by atoms with Crippen LogP contribution in [-0.4, -0.2) is 31.9 Å². The lowest BCUT2D eigenvalue weighted by Gasteiger charge is -2.26. The van der Waals surface area contributed by atoms with Crippen molar-refractivity contribution in [1.82, 2.24) is 4.90 Å². The van der Waals surface area contributed by atoms with Crippen LogP contribution >= 0.6 is 0 Å². The summed E-state index contributed by atoms with van der Waals surface area (Å²) < 4.78 is 16.2. The Labute approximate surface area is 107 Å². The third-order valence-corrected chi connectivity index (χ3v) is 3.57. The van der Waals surface area contributed by atoms with E-state index in [-0.39, 0.29) is 0 Å². The average Bonchev–Trinajstić information content (AvgIpc) is 2.87. The summed E-state index contributed by atoms with van der Waals surface area (Å²) in [5.41, 5.74) is 1.23. The van der Waals surface area contributed by atoms with Crippen molar-refractivity contribution in [3.05, 3.63) is 17.7 Å². The molecule has 0 spiro atoms. The molecule has 0 amide bonds. The minimum absolute atomic E-state index is 0.291. The SMILES string of the molecule is COc1cc(CN2CCCCC2)cc2c1OCO2. The van der Waals surface area contributed by atoms with Crippen LogP contribution < -0.4 is 14.2 Å². The standard InChI is InChI=1S/C14H19NO3/c1-16-12-7-11(8-13-14(12)18-10-17-13)9-15-5-3-2-4-6-15/h7-8H,2-6,9-10H2,1H3. The van der Waals surface area contributed by atoms with Crippen molar-refractivity contribution in [2.75, 3.05) is 27.0 Å². The first-order valence-corrected chi connectivity index (χ1v) is 6.55. The number of hydrogen-bond donors (Lipinski definition) is 0. The van der Waals surface area contributed by atoms with Gasteiger partial charge in [0.15, 0.2) is 11.5 Å². The molecule has 98 valence electrons. The molecular formula is C14H19NO3. The smallest absolute Gasteiger partial charge is 0.231 e. The predicted molar refractivity (Wildman–Crippen MR) is 68.2 cm³/mol. The summed E-state index contributed by atoms with van der Waals surface area (Å²) in [6.45, 7) is 3.64. The van der Waals surface area contributed by atoms with Crippen LogP contribution in [0.1, 0.15) is 24.8 Å². The molecule has 4 nitrogen and oxygen atoms in total. The second-order valence-electron chi connectivity index (χ2n) is 4.87. The van der Waals surface area contributed by atoms with Crippen molar-refractivity contribution in [3.63, 3.8) is 0 Å². The molecule has 0 aromatic heterocycles. The Morgan fingerprint density at radius 2 is 2.00 bits per heavy atom. The van der Waals surface area contributed by atoms with E-state index in [0.29, 0.717) is 6.79 Å². The molecule has 0 aliphatic carbocycles. The van der Waals surface area contributed by atoms with Gasteiger partial charge in [0.2, 0.25) is 12.5 Å². The van der Waals surface area contributed by atoms with E-state index in [9.17, 15) is 0 Å². The van der Waals surface area contributed by atoms with Gasteiger partial charge in [-0.05, 0) is 43.6 Å². The summed E-state index contributed by atoms with van der Waals surface area (Å²) >= 11 is 0. The summed E-state index contributed by atoms with van der Waals surface area (Å²) in [5.74, 6) is 2.32. The van der Waals surface area contributed by atoms with Gasteiger partial charge in [-0.2, -0.15) is 0 Å². The number of hydrogen-bond acceptors (Lipinski definition) is 4. The zero-order valence-corrected chi connectivity index (χ0v) is 10.8. The van der Waals surface area contributed by atoms with E-state index in [0.717, 1.165) is 23.8 Å². The Balaban J connectivity index is 1.79. The first-order valence-electron chi connectivity index (χ1n) is 6.55. The van der Waals surface area contributed by atoms with E-state index in [2.05, 4.69) is 17.0 Å². The molecule has 3 rings (SSSR count). The van der Waals surface area contributed by atoms with Crippen molar-refractivity contribution in [1.29, 1.82) is 0 Å². The minimum atomic E-state index is 0.291. The molecule has 1 aromatic carbocycles. The van der Waals surface area contributed by atoms with Gasteiger partial charge in [0.05, 0.1) is 7.11 Å². The summed E-state index contributed by atoms with van der Waals surface area (Å²) in [4.78, 5) is 2.49. The third-order valence-electron chi connectivity index (χ3n) is 3.57. The molecule has 0 N–H and O–H groups in total. The highest BCUT2D eigenvalue weighted by Crippen LogP contribution is 2.42. The lowest BCUT2D eigenvalue weighted by molar-refractivity contribution is 0.171. The lowest BCUT2D eigenvalue weighted by atomic mass is 10.1. The fraction of sp³-hybridized carbons (Fsp3) is 0.571. The highest BCUT2D eigenvalue weighted by atomic mass is 16.7. The van der Waals surface area contributed by atoms with Gasteiger partial charge >= 0.3 is 0 Å². The Hall–Kier alpha value is -1.42. The van der Waals surface area contributed by atoms with Gasteiger partial charge < -0.3 is 14.2 Å². The van der Waals surface area contributed by atoms with Crippen LogP contribution in [0.3, 0.4) is 0 Å². The molecule has 2 heterocycles. The molecule has 1 aromatic rings. The van der Waals surface area contributed by atoms with Gasteiger partial charge in [-0.25, -0.2) is 0 Å². The summed E-state index contributed by atoms with van der Waals surface area (Å²) in [5, 5.41) is 0. The highest BCUT2D eigenvalue weighted by molar-refractivity contribution is 5.55. The monoisotopic (exact) mass is 249 g/mol. The van der Waals surface area contributed by atoms with Crippen LogP contribution in [0.2, 0.25) is 0 Å². The molecule has 0 radical (unpaired) electrons. The van der Waals surface area contributed by atoms with E-state index < -0.39 is 0 Å². The van der Waals surface area contributed by atoms with Gasteiger partial charge in [-0.15, -0.1) is 0 Å². The highest BCUT2D eigenvalue weighted by Gasteiger charge is 2.21. The van der Waals surface area contributed by atoms with Gasteiger partial charge in [-0.1, -0.05) is 6.42 Å². The molecule has 0 bridgehead atoms. The molecular weight excluding hydrogens is 230 g/mol. The molecule has 1 fully saturated rings. The van der Waals surface area contributed by atoms with E-state index >= 15 is 0 Å². The molecule has 0 saturated carbocycles. The number of piperidine rings is 1. The van der Waals surface area contributed by atoms with Crippen molar-refractivity contribution in [2.24, 2.45) is 0 Å². The van der Waals surface area contributed by atoms with Gasteiger partial charge in [-0.3, -0.25) is 4.90 Å². The van der Waals surface area contributed by atoms with E-state index in [1.54, 1.807) is 7.11 Å². The molecule has 0 unspecified atom stereocenters. The molecule has 2 aliphatic heterocycles. The first-order chi connectivity index (χ1) is 8.86. The number of ether oxygens (including phenoxy) is 3. The Morgan fingerprint density at radius 1 is 1.17 bits per heavy atom. The Kier molecular flexibility index (Phi) is 3.28. The maximum atomic E-state index is 5.45. The predicted octanol–water partition coefficient (Wildman–Crippen LogP) is 2.41. The summed E-state index contributed by atoms with van der Waals surface area (Å²) in [7, 11) is 1.67. The summed E-state index contributed by atoms with van der Waals surface area (Å²) in [6.07, 6.45) is 3.98. The number of methoxy groups -OCH3 is 1. The fourth-order valence-corrected chi connectivity index (χ4v) is 2.65. The Bertz CT molecular complexity index is 427. The second-order valence-corrected chi connectivity index (χ2v) is 4.87. The van der Waals surface area contributed by atoms with Crippen molar-refractivity contribution in [2.45, 2.75) is 25.8 Å². The number of fused-ring (bicyclic) bond motifs is 1. The lowest BCUT2D eigenvalue weighted by Crippen LogP contribution is -2.29.